The van der Waals surface area contributed by atoms with Crippen LogP contribution < -0.4 is 0 Å². The van der Waals surface area contributed by atoms with Crippen LogP contribution in [0.4, 0.5) is 0 Å². The van der Waals surface area contributed by atoms with E-state index in [0.717, 1.165) is 25.7 Å². The van der Waals surface area contributed by atoms with Crippen molar-refractivity contribution >= 4 is 5.78 Å². The van der Waals surface area contributed by atoms with Crippen LogP contribution in [0.3, 0.4) is 0 Å². The molecule has 1 aromatic rings. The van der Waals surface area contributed by atoms with Gasteiger partial charge in [0.05, 0.1) is 0 Å². The summed E-state index contributed by atoms with van der Waals surface area (Å²) in [5, 5.41) is 10.3. The quantitative estimate of drug-likeness (QED) is 0.842. The van der Waals surface area contributed by atoms with Gasteiger partial charge in [0, 0.05) is 5.56 Å². The summed E-state index contributed by atoms with van der Waals surface area (Å²) in [6, 6.07) is 7.71. The molecule has 1 unspecified atom stereocenters. The van der Waals surface area contributed by atoms with E-state index in [1.54, 1.807) is 0 Å². The van der Waals surface area contributed by atoms with E-state index < -0.39 is 6.10 Å². The van der Waals surface area contributed by atoms with Crippen LogP contribution in [-0.4, -0.2) is 17.0 Å². The molecular formula is C18H26O2. The number of rotatable bonds is 3. The lowest BCUT2D eigenvalue weighted by molar-refractivity contribution is 0.0534. The van der Waals surface area contributed by atoms with E-state index in [2.05, 4.69) is 20.8 Å². The van der Waals surface area contributed by atoms with Gasteiger partial charge in [0.15, 0.2) is 5.78 Å². The zero-order chi connectivity index (χ0) is 14.8. The van der Waals surface area contributed by atoms with Crippen molar-refractivity contribution in [3.8, 4) is 0 Å². The van der Waals surface area contributed by atoms with Crippen molar-refractivity contribution in [1.82, 2.24) is 0 Å². The van der Waals surface area contributed by atoms with Crippen LogP contribution in [0.15, 0.2) is 24.3 Å². The minimum absolute atomic E-state index is 0.0869. The van der Waals surface area contributed by atoms with Crippen LogP contribution in [-0.2, 0) is 5.41 Å². The molecule has 2 rings (SSSR count). The lowest BCUT2D eigenvalue weighted by Gasteiger charge is -2.26. The van der Waals surface area contributed by atoms with Gasteiger partial charge in [0.25, 0.3) is 0 Å². The number of Topliss-reactive ketones (excluding diaryl/α,β-unsaturated/α-hetero) is 1. The molecule has 1 saturated carbocycles. The maximum absolute atomic E-state index is 12.4. The first-order valence-electron chi connectivity index (χ1n) is 7.72. The molecule has 0 heterocycles. The van der Waals surface area contributed by atoms with Crippen molar-refractivity contribution in [1.29, 1.82) is 0 Å². The molecule has 1 aromatic carbocycles. The molecule has 0 spiro atoms. The Morgan fingerprint density at radius 3 is 2.15 bits per heavy atom. The Bertz CT molecular complexity index is 447. The minimum atomic E-state index is -0.823. The summed E-state index contributed by atoms with van der Waals surface area (Å²) in [7, 11) is 0. The van der Waals surface area contributed by atoms with E-state index >= 15 is 0 Å². The molecule has 20 heavy (non-hydrogen) atoms. The first-order chi connectivity index (χ1) is 9.39. The van der Waals surface area contributed by atoms with Gasteiger partial charge in [0.2, 0.25) is 0 Å². The van der Waals surface area contributed by atoms with E-state index in [1.165, 1.54) is 12.0 Å². The molecule has 1 aliphatic rings. The zero-order valence-corrected chi connectivity index (χ0v) is 12.9. The van der Waals surface area contributed by atoms with Crippen molar-refractivity contribution in [2.24, 2.45) is 5.92 Å². The Morgan fingerprint density at radius 2 is 1.65 bits per heavy atom. The fourth-order valence-corrected chi connectivity index (χ4v) is 2.97. The van der Waals surface area contributed by atoms with Crippen molar-refractivity contribution in [2.45, 2.75) is 64.4 Å². The highest BCUT2D eigenvalue weighted by molar-refractivity contribution is 5.99. The van der Waals surface area contributed by atoms with Crippen LogP contribution in [0.25, 0.3) is 0 Å². The number of ketones is 1. The summed E-state index contributed by atoms with van der Waals surface area (Å²) in [6.45, 7) is 6.46. The molecule has 2 heteroatoms. The molecule has 0 aromatic heterocycles. The van der Waals surface area contributed by atoms with Gasteiger partial charge >= 0.3 is 0 Å². The van der Waals surface area contributed by atoms with Crippen LogP contribution in [0.2, 0.25) is 0 Å². The molecule has 1 atom stereocenters. The molecule has 1 aliphatic carbocycles. The van der Waals surface area contributed by atoms with Gasteiger partial charge in [0.1, 0.15) is 6.10 Å². The molecule has 1 N–H and O–H groups in total. The third kappa shape index (κ3) is 3.49. The van der Waals surface area contributed by atoms with E-state index in [1.807, 2.05) is 24.3 Å². The second kappa shape index (κ2) is 6.09. The van der Waals surface area contributed by atoms with Gasteiger partial charge in [-0.15, -0.1) is 0 Å². The zero-order valence-electron chi connectivity index (χ0n) is 12.9. The number of benzene rings is 1. The third-order valence-electron chi connectivity index (χ3n) is 4.40. The summed E-state index contributed by atoms with van der Waals surface area (Å²) in [6.07, 6.45) is 4.64. The molecule has 110 valence electrons. The number of aliphatic hydroxyl groups is 1. The Labute approximate surface area is 122 Å². The topological polar surface area (TPSA) is 37.3 Å². The van der Waals surface area contributed by atoms with Crippen LogP contribution in [0.1, 0.15) is 68.8 Å². The highest BCUT2D eigenvalue weighted by Crippen LogP contribution is 2.28. The van der Waals surface area contributed by atoms with Crippen molar-refractivity contribution in [2.75, 3.05) is 0 Å². The van der Waals surface area contributed by atoms with Gasteiger partial charge in [-0.1, -0.05) is 64.3 Å². The monoisotopic (exact) mass is 274 g/mol. The molecule has 0 bridgehead atoms. The number of carbonyl (C=O) groups is 1. The third-order valence-corrected chi connectivity index (χ3v) is 4.40. The molecule has 0 saturated heterocycles. The average Bonchev–Trinajstić information content (AvgIpc) is 2.46. The smallest absolute Gasteiger partial charge is 0.191 e. The van der Waals surface area contributed by atoms with E-state index in [4.69, 9.17) is 0 Å². The normalized spacial score (nSPS) is 18.8. The fraction of sp³-hybridized carbons (Fsp3) is 0.611. The predicted molar refractivity (Wildman–Crippen MR) is 82.1 cm³/mol. The van der Waals surface area contributed by atoms with Gasteiger partial charge in [-0.25, -0.2) is 0 Å². The number of aliphatic hydroxyl groups excluding tert-OH is 1. The summed E-state index contributed by atoms with van der Waals surface area (Å²) < 4.78 is 0. The van der Waals surface area contributed by atoms with E-state index in [0.29, 0.717) is 5.56 Å². The minimum Gasteiger partial charge on any atom is -0.385 e. The van der Waals surface area contributed by atoms with Gasteiger partial charge in [-0.05, 0) is 29.7 Å². The Kier molecular flexibility index (Phi) is 4.64. The van der Waals surface area contributed by atoms with Crippen LogP contribution in [0, 0.1) is 5.92 Å². The molecular weight excluding hydrogens is 248 g/mol. The highest BCUT2D eigenvalue weighted by atomic mass is 16.3. The Hall–Kier alpha value is -1.15. The predicted octanol–water partition coefficient (Wildman–Crippen LogP) is 4.11. The number of hydrogen-bond acceptors (Lipinski definition) is 2. The summed E-state index contributed by atoms with van der Waals surface area (Å²) in [5.41, 5.74) is 1.93. The van der Waals surface area contributed by atoms with E-state index in [9.17, 15) is 9.90 Å². The van der Waals surface area contributed by atoms with Gasteiger partial charge in [-0.2, -0.15) is 0 Å². The van der Waals surface area contributed by atoms with Crippen LogP contribution >= 0.6 is 0 Å². The van der Waals surface area contributed by atoms with E-state index in [-0.39, 0.29) is 17.1 Å². The lowest BCUT2D eigenvalue weighted by atomic mass is 9.82. The Balaban J connectivity index is 2.08. The maximum Gasteiger partial charge on any atom is 0.191 e. The second-order valence-electron chi connectivity index (χ2n) is 7.03. The summed E-state index contributed by atoms with van der Waals surface area (Å²) >= 11 is 0. The SMILES string of the molecule is CC(C)(C)c1ccc(C(=O)C(O)C2CCCCC2)cc1. The number of hydrogen-bond donors (Lipinski definition) is 1. The van der Waals surface area contributed by atoms with Crippen molar-refractivity contribution in [3.05, 3.63) is 35.4 Å². The molecule has 0 amide bonds. The lowest BCUT2D eigenvalue weighted by Crippen LogP contribution is -2.31. The largest absolute Gasteiger partial charge is 0.385 e. The van der Waals surface area contributed by atoms with Crippen LogP contribution in [0.5, 0.6) is 0 Å². The summed E-state index contributed by atoms with van der Waals surface area (Å²) in [5.74, 6) is 0.0379. The highest BCUT2D eigenvalue weighted by Gasteiger charge is 2.28. The second-order valence-corrected chi connectivity index (χ2v) is 7.03. The summed E-state index contributed by atoms with van der Waals surface area (Å²) in [4.78, 5) is 12.4. The van der Waals surface area contributed by atoms with Gasteiger partial charge in [-0.3, -0.25) is 4.79 Å². The fourth-order valence-electron chi connectivity index (χ4n) is 2.97. The Morgan fingerprint density at radius 1 is 1.10 bits per heavy atom. The van der Waals surface area contributed by atoms with Gasteiger partial charge < -0.3 is 5.11 Å². The van der Waals surface area contributed by atoms with Crippen molar-refractivity contribution < 1.29 is 9.90 Å². The average molecular weight is 274 g/mol. The number of carbonyl (C=O) groups excluding carboxylic acids is 1. The first-order valence-corrected chi connectivity index (χ1v) is 7.72. The first kappa shape index (κ1) is 15.2. The molecule has 2 nitrogen and oxygen atoms in total. The standard InChI is InChI=1S/C18H26O2/c1-18(2,3)15-11-9-14(10-12-15)17(20)16(19)13-7-5-4-6-8-13/h9-13,16,19H,4-8H2,1-3H3. The molecule has 0 radical (unpaired) electrons. The van der Waals surface area contributed by atoms with Crippen molar-refractivity contribution in [3.63, 3.8) is 0 Å². The molecule has 1 fully saturated rings. The maximum atomic E-state index is 12.4. The molecule has 0 aliphatic heterocycles.